The molecule has 0 saturated heterocycles. The van der Waals surface area contributed by atoms with Crippen LogP contribution in [-0.4, -0.2) is 17.0 Å². The molecule has 0 fully saturated rings. The molecule has 0 aliphatic heterocycles. The van der Waals surface area contributed by atoms with Gasteiger partial charge >= 0.3 is 0 Å². The number of rotatable bonds is 5. The molecule has 1 nitrogen and oxygen atoms in total. The van der Waals surface area contributed by atoms with Crippen LogP contribution in [0, 0.1) is 6.92 Å². The van der Waals surface area contributed by atoms with Crippen LogP contribution in [0.25, 0.3) is 0 Å². The molecule has 1 atom stereocenters. The summed E-state index contributed by atoms with van der Waals surface area (Å²) >= 11 is 3.39. The molecule has 0 saturated carbocycles. The molecule has 2 rings (SSSR count). The summed E-state index contributed by atoms with van der Waals surface area (Å²) in [4.78, 5) is 1.22. The Hall–Kier alpha value is -0.770. The maximum atomic E-state index is 9.92. The van der Waals surface area contributed by atoms with E-state index in [2.05, 4.69) is 48.0 Å². The van der Waals surface area contributed by atoms with E-state index in [1.807, 2.05) is 0 Å². The third kappa shape index (κ3) is 4.19. The van der Waals surface area contributed by atoms with Crippen molar-refractivity contribution in [3.63, 3.8) is 0 Å². The van der Waals surface area contributed by atoms with Gasteiger partial charge < -0.3 is 5.11 Å². The zero-order chi connectivity index (χ0) is 12.1. The first-order valence-electron chi connectivity index (χ1n) is 5.62. The first-order chi connectivity index (χ1) is 8.24. The quantitative estimate of drug-likeness (QED) is 0.830. The van der Waals surface area contributed by atoms with Crippen molar-refractivity contribution in [3.05, 3.63) is 52.2 Å². The molecule has 0 bridgehead atoms. The number of aliphatic hydroxyl groups is 1. The van der Waals surface area contributed by atoms with Gasteiger partial charge in [0.1, 0.15) is 0 Å². The van der Waals surface area contributed by atoms with E-state index in [0.29, 0.717) is 0 Å². The van der Waals surface area contributed by atoms with Crippen molar-refractivity contribution in [1.82, 2.24) is 0 Å². The summed E-state index contributed by atoms with van der Waals surface area (Å²) in [6.07, 6.45) is 0.485. The van der Waals surface area contributed by atoms with E-state index < -0.39 is 0 Å². The molecular formula is C14H16OS2. The highest BCUT2D eigenvalue weighted by atomic mass is 32.2. The summed E-state index contributed by atoms with van der Waals surface area (Å²) in [5, 5.41) is 14.1. The average Bonchev–Trinajstić information content (AvgIpc) is 2.81. The minimum absolute atomic E-state index is 0.268. The van der Waals surface area contributed by atoms with E-state index in [-0.39, 0.29) is 6.10 Å². The van der Waals surface area contributed by atoms with Gasteiger partial charge in [-0.2, -0.15) is 11.3 Å². The van der Waals surface area contributed by atoms with Gasteiger partial charge in [0.2, 0.25) is 0 Å². The highest BCUT2D eigenvalue weighted by Gasteiger charge is 2.06. The Morgan fingerprint density at radius 1 is 1.24 bits per heavy atom. The molecule has 0 radical (unpaired) electrons. The zero-order valence-electron chi connectivity index (χ0n) is 9.80. The van der Waals surface area contributed by atoms with Crippen molar-refractivity contribution in [2.75, 3.05) is 5.75 Å². The lowest BCUT2D eigenvalue weighted by molar-refractivity contribution is 0.200. The Labute approximate surface area is 111 Å². The van der Waals surface area contributed by atoms with Crippen LogP contribution in [0.5, 0.6) is 0 Å². The predicted octanol–water partition coefficient (Wildman–Crippen LogP) is 3.75. The smallest absolute Gasteiger partial charge is 0.0674 e. The molecule has 1 N–H and O–H groups in total. The second-order valence-electron chi connectivity index (χ2n) is 4.11. The van der Waals surface area contributed by atoms with Gasteiger partial charge in [0.15, 0.2) is 0 Å². The molecule has 1 aromatic carbocycles. The van der Waals surface area contributed by atoms with Gasteiger partial charge in [0, 0.05) is 10.6 Å². The fourth-order valence-electron chi connectivity index (χ4n) is 1.57. The summed E-state index contributed by atoms with van der Waals surface area (Å²) in [5.74, 6) is 0.749. The zero-order valence-corrected chi connectivity index (χ0v) is 11.4. The standard InChI is InChI=1S/C14H16OS2/c1-11-2-4-14(5-3-11)17-10-13(15)8-12-6-7-16-9-12/h2-7,9,13,15H,8,10H2,1H3. The van der Waals surface area contributed by atoms with Gasteiger partial charge in [-0.05, 0) is 47.9 Å². The topological polar surface area (TPSA) is 20.2 Å². The second-order valence-corrected chi connectivity index (χ2v) is 5.99. The minimum atomic E-state index is -0.268. The molecule has 0 spiro atoms. The van der Waals surface area contributed by atoms with Crippen LogP contribution in [0.2, 0.25) is 0 Å². The van der Waals surface area contributed by atoms with Gasteiger partial charge in [-0.1, -0.05) is 17.7 Å². The molecule has 1 aromatic heterocycles. The van der Waals surface area contributed by atoms with Crippen LogP contribution in [0.1, 0.15) is 11.1 Å². The molecule has 2 aromatic rings. The van der Waals surface area contributed by atoms with E-state index >= 15 is 0 Å². The Morgan fingerprint density at radius 2 is 2.00 bits per heavy atom. The van der Waals surface area contributed by atoms with Gasteiger partial charge in [-0.15, -0.1) is 11.8 Å². The van der Waals surface area contributed by atoms with Crippen molar-refractivity contribution in [1.29, 1.82) is 0 Å². The first kappa shape index (κ1) is 12.7. The number of thiophene rings is 1. The van der Waals surface area contributed by atoms with Gasteiger partial charge in [-0.25, -0.2) is 0 Å². The number of aryl methyl sites for hydroxylation is 1. The lowest BCUT2D eigenvalue weighted by Gasteiger charge is -2.09. The summed E-state index contributed by atoms with van der Waals surface area (Å²) in [7, 11) is 0. The third-order valence-corrected chi connectivity index (χ3v) is 4.40. The van der Waals surface area contributed by atoms with Gasteiger partial charge in [0.05, 0.1) is 6.10 Å². The average molecular weight is 264 g/mol. The van der Waals surface area contributed by atoms with Crippen LogP contribution >= 0.6 is 23.1 Å². The fourth-order valence-corrected chi connectivity index (χ4v) is 3.08. The summed E-state index contributed by atoms with van der Waals surface area (Å²) in [6.45, 7) is 2.08. The van der Waals surface area contributed by atoms with Crippen molar-refractivity contribution in [2.45, 2.75) is 24.3 Å². The third-order valence-electron chi connectivity index (χ3n) is 2.51. The Kier molecular flexibility index (Phi) is 4.66. The van der Waals surface area contributed by atoms with E-state index in [4.69, 9.17) is 0 Å². The molecule has 0 amide bonds. The summed E-state index contributed by atoms with van der Waals surface area (Å²) in [5.41, 5.74) is 2.50. The molecule has 90 valence electrons. The Bertz CT molecular complexity index is 434. The van der Waals surface area contributed by atoms with Crippen molar-refractivity contribution < 1.29 is 5.11 Å². The van der Waals surface area contributed by atoms with Gasteiger partial charge in [0.25, 0.3) is 0 Å². The maximum absolute atomic E-state index is 9.92. The number of benzene rings is 1. The number of thioether (sulfide) groups is 1. The molecular weight excluding hydrogens is 248 g/mol. The lowest BCUT2D eigenvalue weighted by Crippen LogP contribution is -2.12. The van der Waals surface area contributed by atoms with E-state index in [1.165, 1.54) is 16.0 Å². The van der Waals surface area contributed by atoms with Crippen LogP contribution in [0.15, 0.2) is 46.0 Å². The fraction of sp³-hybridized carbons (Fsp3) is 0.286. The van der Waals surface area contributed by atoms with Gasteiger partial charge in [-0.3, -0.25) is 0 Å². The van der Waals surface area contributed by atoms with Crippen LogP contribution < -0.4 is 0 Å². The Morgan fingerprint density at radius 3 is 2.65 bits per heavy atom. The lowest BCUT2D eigenvalue weighted by atomic mass is 10.2. The highest BCUT2D eigenvalue weighted by Crippen LogP contribution is 2.20. The number of aliphatic hydroxyl groups excluding tert-OH is 1. The second kappa shape index (κ2) is 6.24. The van der Waals surface area contributed by atoms with Crippen LogP contribution in [0.3, 0.4) is 0 Å². The Balaban J connectivity index is 1.79. The van der Waals surface area contributed by atoms with E-state index in [0.717, 1.165) is 12.2 Å². The van der Waals surface area contributed by atoms with E-state index in [1.54, 1.807) is 23.1 Å². The molecule has 1 unspecified atom stereocenters. The monoisotopic (exact) mass is 264 g/mol. The van der Waals surface area contributed by atoms with Crippen LogP contribution in [-0.2, 0) is 6.42 Å². The van der Waals surface area contributed by atoms with Crippen molar-refractivity contribution >= 4 is 23.1 Å². The summed E-state index contributed by atoms with van der Waals surface area (Å²) < 4.78 is 0. The molecule has 0 aliphatic rings. The largest absolute Gasteiger partial charge is 0.392 e. The number of hydrogen-bond acceptors (Lipinski definition) is 3. The number of hydrogen-bond donors (Lipinski definition) is 1. The summed E-state index contributed by atoms with van der Waals surface area (Å²) in [6, 6.07) is 10.5. The molecule has 17 heavy (non-hydrogen) atoms. The maximum Gasteiger partial charge on any atom is 0.0674 e. The SMILES string of the molecule is Cc1ccc(SCC(O)Cc2ccsc2)cc1. The predicted molar refractivity (Wildman–Crippen MR) is 75.9 cm³/mol. The van der Waals surface area contributed by atoms with Crippen molar-refractivity contribution in [2.24, 2.45) is 0 Å². The van der Waals surface area contributed by atoms with Crippen molar-refractivity contribution in [3.8, 4) is 0 Å². The van der Waals surface area contributed by atoms with E-state index in [9.17, 15) is 5.11 Å². The van der Waals surface area contributed by atoms with Crippen LogP contribution in [0.4, 0.5) is 0 Å². The highest BCUT2D eigenvalue weighted by molar-refractivity contribution is 7.99. The first-order valence-corrected chi connectivity index (χ1v) is 7.55. The molecule has 0 aliphatic carbocycles. The minimum Gasteiger partial charge on any atom is -0.392 e. The molecule has 3 heteroatoms. The molecule has 1 heterocycles. The normalized spacial score (nSPS) is 12.6.